The standard InChI is InChI=1S/C28H21ClN2O4/c1-31(23-10-8-22(29)9-11-23)24-12-13-25(30-17-24)27(33)20-14-19(15-21(16-20)28(34)35-2)26(32)18-6-4-3-5-7-18/h3-17H,1-2H3. The molecule has 1 aromatic heterocycles. The fraction of sp³-hybridized carbons (Fsp3) is 0.0714. The van der Waals surface area contributed by atoms with Crippen molar-refractivity contribution in [2.75, 3.05) is 19.1 Å². The van der Waals surface area contributed by atoms with Gasteiger partial charge in [-0.25, -0.2) is 4.79 Å². The van der Waals surface area contributed by atoms with Gasteiger partial charge < -0.3 is 9.64 Å². The molecule has 4 rings (SSSR count). The number of rotatable bonds is 7. The van der Waals surface area contributed by atoms with E-state index in [2.05, 4.69) is 4.98 Å². The highest BCUT2D eigenvalue weighted by molar-refractivity contribution is 6.30. The number of hydrogen-bond donors (Lipinski definition) is 0. The van der Waals surface area contributed by atoms with Crippen molar-refractivity contribution in [3.05, 3.63) is 124 Å². The Morgan fingerprint density at radius 3 is 1.94 bits per heavy atom. The van der Waals surface area contributed by atoms with E-state index < -0.39 is 11.8 Å². The summed E-state index contributed by atoms with van der Waals surface area (Å²) in [4.78, 5) is 44.7. The van der Waals surface area contributed by atoms with Gasteiger partial charge in [-0.2, -0.15) is 0 Å². The van der Waals surface area contributed by atoms with Crippen molar-refractivity contribution < 1.29 is 19.1 Å². The number of aromatic nitrogens is 1. The molecule has 0 fully saturated rings. The monoisotopic (exact) mass is 484 g/mol. The van der Waals surface area contributed by atoms with Gasteiger partial charge in [0.15, 0.2) is 5.78 Å². The number of carbonyl (C=O) groups is 3. The van der Waals surface area contributed by atoms with Gasteiger partial charge in [0.2, 0.25) is 5.78 Å². The Balaban J connectivity index is 1.65. The van der Waals surface area contributed by atoms with E-state index in [4.69, 9.17) is 16.3 Å². The molecule has 0 saturated carbocycles. The van der Waals surface area contributed by atoms with Crippen LogP contribution in [0.4, 0.5) is 11.4 Å². The lowest BCUT2D eigenvalue weighted by Gasteiger charge is -2.19. The van der Waals surface area contributed by atoms with Crippen LogP contribution in [0.1, 0.15) is 42.3 Å². The van der Waals surface area contributed by atoms with Crippen molar-refractivity contribution in [1.29, 1.82) is 0 Å². The van der Waals surface area contributed by atoms with Gasteiger partial charge in [0.1, 0.15) is 5.69 Å². The molecule has 0 unspecified atom stereocenters. The van der Waals surface area contributed by atoms with Gasteiger partial charge in [-0.15, -0.1) is 0 Å². The minimum Gasteiger partial charge on any atom is -0.465 e. The smallest absolute Gasteiger partial charge is 0.337 e. The van der Waals surface area contributed by atoms with Gasteiger partial charge in [-0.3, -0.25) is 14.6 Å². The molecule has 0 aliphatic carbocycles. The van der Waals surface area contributed by atoms with Crippen molar-refractivity contribution in [2.24, 2.45) is 0 Å². The van der Waals surface area contributed by atoms with Crippen LogP contribution < -0.4 is 4.90 Å². The predicted octanol–water partition coefficient (Wildman–Crippen LogP) is 5.75. The highest BCUT2D eigenvalue weighted by Crippen LogP contribution is 2.25. The van der Waals surface area contributed by atoms with E-state index in [0.29, 0.717) is 10.6 Å². The zero-order valence-electron chi connectivity index (χ0n) is 19.1. The zero-order chi connectivity index (χ0) is 24.9. The van der Waals surface area contributed by atoms with E-state index >= 15 is 0 Å². The normalized spacial score (nSPS) is 10.5. The van der Waals surface area contributed by atoms with Gasteiger partial charge in [0, 0.05) is 34.4 Å². The topological polar surface area (TPSA) is 76.6 Å². The summed E-state index contributed by atoms with van der Waals surface area (Å²) in [5, 5.41) is 0.639. The lowest BCUT2D eigenvalue weighted by molar-refractivity contribution is 0.0600. The second-order valence-corrected chi connectivity index (χ2v) is 8.19. The summed E-state index contributed by atoms with van der Waals surface area (Å²) in [6.45, 7) is 0. The number of ketones is 2. The largest absolute Gasteiger partial charge is 0.465 e. The molecule has 35 heavy (non-hydrogen) atoms. The first-order chi connectivity index (χ1) is 16.9. The minimum atomic E-state index is -0.644. The lowest BCUT2D eigenvalue weighted by atomic mass is 9.96. The lowest BCUT2D eigenvalue weighted by Crippen LogP contribution is -2.13. The summed E-state index contributed by atoms with van der Waals surface area (Å²) in [5.74, 6) is -1.37. The number of nitrogens with zero attached hydrogens (tertiary/aromatic N) is 2. The SMILES string of the molecule is COC(=O)c1cc(C(=O)c2ccccc2)cc(C(=O)c2ccc(N(C)c3ccc(Cl)cc3)cn2)c1. The first-order valence-electron chi connectivity index (χ1n) is 10.7. The molecule has 0 atom stereocenters. The fourth-order valence-electron chi connectivity index (χ4n) is 3.56. The van der Waals surface area contributed by atoms with Crippen molar-refractivity contribution >= 4 is 40.5 Å². The van der Waals surface area contributed by atoms with Gasteiger partial charge in [-0.05, 0) is 54.6 Å². The third-order valence-corrected chi connectivity index (χ3v) is 5.75. The summed E-state index contributed by atoms with van der Waals surface area (Å²) in [6, 6.07) is 23.7. The minimum absolute atomic E-state index is 0.108. The summed E-state index contributed by atoms with van der Waals surface area (Å²) in [5.41, 5.74) is 2.79. The third kappa shape index (κ3) is 5.28. The molecule has 0 N–H and O–H groups in total. The quantitative estimate of drug-likeness (QED) is 0.245. The Morgan fingerprint density at radius 2 is 1.34 bits per heavy atom. The average Bonchev–Trinajstić information content (AvgIpc) is 2.92. The van der Waals surface area contributed by atoms with Gasteiger partial charge in [-0.1, -0.05) is 41.9 Å². The van der Waals surface area contributed by atoms with Crippen LogP contribution >= 0.6 is 11.6 Å². The zero-order valence-corrected chi connectivity index (χ0v) is 19.8. The molecule has 7 heteroatoms. The molecule has 0 aliphatic rings. The van der Waals surface area contributed by atoms with E-state index in [1.54, 1.807) is 60.8 Å². The summed E-state index contributed by atoms with van der Waals surface area (Å²) < 4.78 is 4.82. The third-order valence-electron chi connectivity index (χ3n) is 5.50. The molecule has 0 radical (unpaired) electrons. The molecule has 0 bridgehead atoms. The van der Waals surface area contributed by atoms with E-state index in [0.717, 1.165) is 11.4 Å². The van der Waals surface area contributed by atoms with Crippen LogP contribution in [0.5, 0.6) is 0 Å². The second-order valence-electron chi connectivity index (χ2n) is 7.75. The number of methoxy groups -OCH3 is 1. The van der Waals surface area contributed by atoms with Crippen molar-refractivity contribution in [1.82, 2.24) is 4.98 Å². The number of pyridine rings is 1. The van der Waals surface area contributed by atoms with E-state index in [1.165, 1.54) is 25.3 Å². The Kier molecular flexibility index (Phi) is 7.03. The van der Waals surface area contributed by atoms with Gasteiger partial charge in [0.05, 0.1) is 24.6 Å². The molecular weight excluding hydrogens is 464 g/mol. The highest BCUT2D eigenvalue weighted by Gasteiger charge is 2.19. The first-order valence-corrected chi connectivity index (χ1v) is 11.1. The molecule has 174 valence electrons. The Labute approximate surface area is 207 Å². The number of anilines is 2. The molecular formula is C28H21ClN2O4. The molecule has 1 heterocycles. The second kappa shape index (κ2) is 10.3. The number of halogens is 1. The van der Waals surface area contributed by atoms with Gasteiger partial charge in [0.25, 0.3) is 0 Å². The molecule has 6 nitrogen and oxygen atoms in total. The Morgan fingerprint density at radius 1 is 0.743 bits per heavy atom. The maximum Gasteiger partial charge on any atom is 0.337 e. The van der Waals surface area contributed by atoms with E-state index in [9.17, 15) is 14.4 Å². The number of esters is 1. The molecule has 3 aromatic carbocycles. The van der Waals surface area contributed by atoms with E-state index in [-0.39, 0.29) is 28.2 Å². The molecule has 0 amide bonds. The molecule has 4 aromatic rings. The Hall–Kier alpha value is -4.29. The maximum atomic E-state index is 13.3. The van der Waals surface area contributed by atoms with Crippen LogP contribution in [-0.2, 0) is 4.74 Å². The maximum absolute atomic E-state index is 13.3. The van der Waals surface area contributed by atoms with Crippen LogP contribution in [0, 0.1) is 0 Å². The molecule has 0 saturated heterocycles. The molecule has 0 spiro atoms. The number of benzene rings is 3. The average molecular weight is 485 g/mol. The van der Waals surface area contributed by atoms with E-state index in [1.807, 2.05) is 24.1 Å². The number of carbonyl (C=O) groups excluding carboxylic acids is 3. The summed E-state index contributed by atoms with van der Waals surface area (Å²) >= 11 is 5.96. The predicted molar refractivity (Wildman–Crippen MR) is 135 cm³/mol. The van der Waals surface area contributed by atoms with Crippen molar-refractivity contribution in [3.63, 3.8) is 0 Å². The van der Waals surface area contributed by atoms with Crippen LogP contribution in [0.3, 0.4) is 0 Å². The van der Waals surface area contributed by atoms with Crippen LogP contribution in [-0.4, -0.2) is 36.7 Å². The van der Waals surface area contributed by atoms with Crippen LogP contribution in [0.15, 0.2) is 91.1 Å². The first kappa shape index (κ1) is 23.9. The summed E-state index contributed by atoms with van der Waals surface area (Å²) in [6.07, 6.45) is 1.59. The molecule has 0 aliphatic heterocycles. The van der Waals surface area contributed by atoms with Gasteiger partial charge >= 0.3 is 5.97 Å². The number of ether oxygens (including phenoxy) is 1. The highest BCUT2D eigenvalue weighted by atomic mass is 35.5. The Bertz CT molecular complexity index is 1390. The van der Waals surface area contributed by atoms with Crippen molar-refractivity contribution in [3.8, 4) is 0 Å². The fourth-order valence-corrected chi connectivity index (χ4v) is 3.69. The van der Waals surface area contributed by atoms with Crippen LogP contribution in [0.25, 0.3) is 0 Å². The van der Waals surface area contributed by atoms with Crippen LogP contribution in [0.2, 0.25) is 5.02 Å². The number of hydrogen-bond acceptors (Lipinski definition) is 6. The van der Waals surface area contributed by atoms with Crippen molar-refractivity contribution in [2.45, 2.75) is 0 Å². The summed E-state index contributed by atoms with van der Waals surface area (Å²) in [7, 11) is 3.12.